The van der Waals surface area contributed by atoms with Crippen LogP contribution >= 0.6 is 24.8 Å². The van der Waals surface area contributed by atoms with Crippen molar-refractivity contribution >= 4 is 57.7 Å². The number of aryl methyl sites for hydroxylation is 1. The Labute approximate surface area is 224 Å². The number of hydrogen-bond donors (Lipinski definition) is 2. The summed E-state index contributed by atoms with van der Waals surface area (Å²) < 4.78 is 12.2. The SMILES string of the molecule is Cc1cc(-c2ccc(C(=O)Nc3cc4sc(N5CCOCC5)nc4nc3N3CC[C@H](O)C3)o2)ccn1.S. The summed E-state index contributed by atoms with van der Waals surface area (Å²) in [5, 5.41) is 14.0. The predicted octanol–water partition coefficient (Wildman–Crippen LogP) is 3.43. The lowest BCUT2D eigenvalue weighted by atomic mass is 10.2. The number of rotatable bonds is 5. The van der Waals surface area contributed by atoms with E-state index in [4.69, 9.17) is 19.1 Å². The number of pyridine rings is 2. The fourth-order valence-electron chi connectivity index (χ4n) is 4.50. The summed E-state index contributed by atoms with van der Waals surface area (Å²) in [5.41, 5.74) is 2.92. The van der Waals surface area contributed by atoms with Crippen LogP contribution in [0.4, 0.5) is 16.6 Å². The van der Waals surface area contributed by atoms with Crippen molar-refractivity contribution in [2.24, 2.45) is 0 Å². The smallest absolute Gasteiger partial charge is 0.291 e. The maximum absolute atomic E-state index is 13.2. The molecule has 2 N–H and O–H groups in total. The van der Waals surface area contributed by atoms with Gasteiger partial charge >= 0.3 is 0 Å². The molecule has 0 aromatic carbocycles. The molecule has 1 atom stereocenters. The van der Waals surface area contributed by atoms with E-state index < -0.39 is 6.10 Å². The van der Waals surface area contributed by atoms with E-state index in [9.17, 15) is 9.90 Å². The number of aliphatic hydroxyl groups is 1. The van der Waals surface area contributed by atoms with Crippen molar-refractivity contribution in [2.45, 2.75) is 19.4 Å². The quantitative estimate of drug-likeness (QED) is 0.393. The number of thiazole rings is 1. The molecule has 10 nitrogen and oxygen atoms in total. The molecular weight excluding hydrogens is 512 g/mol. The van der Waals surface area contributed by atoms with E-state index in [0.717, 1.165) is 34.2 Å². The highest BCUT2D eigenvalue weighted by Gasteiger charge is 2.27. The number of carbonyl (C=O) groups is 1. The molecule has 0 radical (unpaired) electrons. The normalized spacial score (nSPS) is 17.7. The van der Waals surface area contributed by atoms with Crippen LogP contribution in [-0.2, 0) is 4.74 Å². The predicted molar refractivity (Wildman–Crippen MR) is 148 cm³/mol. The van der Waals surface area contributed by atoms with Crippen LogP contribution in [0.1, 0.15) is 22.7 Å². The number of fused-ring (bicyclic) bond motifs is 1. The van der Waals surface area contributed by atoms with Crippen LogP contribution in [0.2, 0.25) is 0 Å². The summed E-state index contributed by atoms with van der Waals surface area (Å²) in [4.78, 5) is 31.2. The Morgan fingerprint density at radius 3 is 2.73 bits per heavy atom. The number of nitrogens with one attached hydrogen (secondary N) is 1. The molecule has 1 amide bonds. The Kier molecular flexibility index (Phi) is 7.33. The van der Waals surface area contributed by atoms with Gasteiger partial charge in [-0.25, -0.2) is 4.98 Å². The number of ether oxygens (including phenoxy) is 1. The highest BCUT2D eigenvalue weighted by atomic mass is 32.1. The molecule has 0 spiro atoms. The molecule has 0 bridgehead atoms. The molecule has 2 aliphatic rings. The molecule has 4 aromatic heterocycles. The third kappa shape index (κ3) is 5.28. The van der Waals surface area contributed by atoms with Crippen LogP contribution < -0.4 is 15.1 Å². The topological polar surface area (TPSA) is 117 Å². The standard InChI is InChI=1S/C25H26N6O4S.H2S/c1-15-12-16(4-6-26-15)19-2-3-20(35-19)24(33)27-18-13-21-22(28-23(18)31-7-5-17(32)14-31)29-25(36-21)30-8-10-34-11-9-30;/h2-4,6,12-13,17,32H,5,7-11,14H2,1H3,(H,27,33);1H2/t17-;/m0./s1. The van der Waals surface area contributed by atoms with E-state index in [1.54, 1.807) is 29.7 Å². The first kappa shape index (κ1) is 25.5. The second kappa shape index (κ2) is 10.7. The Morgan fingerprint density at radius 2 is 1.97 bits per heavy atom. The number of β-amino-alcohol motifs (C(OH)–C–C–N with tert-alkyl or cyclic N) is 1. The molecule has 2 aliphatic heterocycles. The van der Waals surface area contributed by atoms with Gasteiger partial charge in [-0.05, 0) is 43.7 Å². The van der Waals surface area contributed by atoms with Gasteiger partial charge in [-0.15, -0.1) is 0 Å². The molecule has 2 saturated heterocycles. The Morgan fingerprint density at radius 1 is 1.14 bits per heavy atom. The lowest BCUT2D eigenvalue weighted by Crippen LogP contribution is -2.36. The molecule has 0 unspecified atom stereocenters. The van der Waals surface area contributed by atoms with Gasteiger partial charge in [0.1, 0.15) is 5.76 Å². The zero-order chi connectivity index (χ0) is 24.6. The van der Waals surface area contributed by atoms with Gasteiger partial charge in [-0.3, -0.25) is 9.78 Å². The first-order valence-electron chi connectivity index (χ1n) is 11.9. The summed E-state index contributed by atoms with van der Waals surface area (Å²) in [6, 6.07) is 9.11. The van der Waals surface area contributed by atoms with Crippen molar-refractivity contribution in [1.82, 2.24) is 15.0 Å². The van der Waals surface area contributed by atoms with E-state index in [-0.39, 0.29) is 25.2 Å². The molecule has 0 aliphatic carbocycles. The number of aliphatic hydroxyl groups excluding tert-OH is 1. The van der Waals surface area contributed by atoms with Gasteiger partial charge in [0.05, 0.1) is 29.7 Å². The summed E-state index contributed by atoms with van der Waals surface area (Å²) in [5.74, 6) is 1.03. The Balaban J connectivity index is 0.00000280. The number of morpholine rings is 1. The van der Waals surface area contributed by atoms with E-state index in [1.165, 1.54) is 0 Å². The monoisotopic (exact) mass is 540 g/mol. The first-order valence-corrected chi connectivity index (χ1v) is 12.8. The molecule has 37 heavy (non-hydrogen) atoms. The molecular formula is C25H28N6O4S2. The first-order chi connectivity index (χ1) is 17.5. The molecule has 12 heteroatoms. The van der Waals surface area contributed by atoms with E-state index in [1.807, 2.05) is 30.0 Å². The lowest BCUT2D eigenvalue weighted by Gasteiger charge is -2.25. The highest BCUT2D eigenvalue weighted by Crippen LogP contribution is 2.36. The molecule has 194 valence electrons. The minimum absolute atomic E-state index is 0. The van der Waals surface area contributed by atoms with E-state index >= 15 is 0 Å². The van der Waals surface area contributed by atoms with Gasteiger partial charge in [0.25, 0.3) is 5.91 Å². The maximum Gasteiger partial charge on any atom is 0.291 e. The average Bonchev–Trinajstić information content (AvgIpc) is 3.63. The van der Waals surface area contributed by atoms with Gasteiger partial charge in [0.15, 0.2) is 22.4 Å². The van der Waals surface area contributed by atoms with Crippen molar-refractivity contribution in [1.29, 1.82) is 0 Å². The minimum atomic E-state index is -0.429. The average molecular weight is 541 g/mol. The zero-order valence-electron chi connectivity index (χ0n) is 20.3. The third-order valence-electron chi connectivity index (χ3n) is 6.35. The summed E-state index contributed by atoms with van der Waals surface area (Å²) in [7, 11) is 0. The second-order valence-corrected chi connectivity index (χ2v) is 9.98. The van der Waals surface area contributed by atoms with Crippen molar-refractivity contribution < 1.29 is 19.1 Å². The number of aromatic nitrogens is 3. The third-order valence-corrected chi connectivity index (χ3v) is 7.41. The van der Waals surface area contributed by atoms with E-state index in [2.05, 4.69) is 15.2 Å². The minimum Gasteiger partial charge on any atom is -0.451 e. The highest BCUT2D eigenvalue weighted by molar-refractivity contribution is 7.59. The van der Waals surface area contributed by atoms with Gasteiger partial charge in [0.2, 0.25) is 0 Å². The second-order valence-electron chi connectivity index (χ2n) is 8.97. The van der Waals surface area contributed by atoms with Crippen LogP contribution in [0.15, 0.2) is 40.9 Å². The number of carbonyl (C=O) groups excluding carboxylic acids is 1. The number of furan rings is 1. The Bertz CT molecular complexity index is 1420. The van der Waals surface area contributed by atoms with Gasteiger partial charge in [-0.1, -0.05) is 11.3 Å². The number of anilines is 3. The zero-order valence-corrected chi connectivity index (χ0v) is 22.1. The number of amides is 1. The Hall–Kier alpha value is -3.19. The van der Waals surface area contributed by atoms with Crippen molar-refractivity contribution in [3.05, 3.63) is 48.0 Å². The fraction of sp³-hybridized carbons (Fsp3) is 0.360. The van der Waals surface area contributed by atoms with Crippen molar-refractivity contribution in [2.75, 3.05) is 54.5 Å². The number of hydrogen-bond acceptors (Lipinski definition) is 10. The van der Waals surface area contributed by atoms with Gasteiger partial charge in [-0.2, -0.15) is 18.5 Å². The van der Waals surface area contributed by atoms with E-state index in [0.29, 0.717) is 55.6 Å². The molecule has 2 fully saturated rings. The van der Waals surface area contributed by atoms with Crippen LogP contribution in [-0.4, -0.2) is 71.5 Å². The summed E-state index contributed by atoms with van der Waals surface area (Å²) in [6.07, 6.45) is 1.93. The van der Waals surface area contributed by atoms with Gasteiger partial charge in [0, 0.05) is 43.6 Å². The van der Waals surface area contributed by atoms with Crippen LogP contribution in [0.5, 0.6) is 0 Å². The van der Waals surface area contributed by atoms with Gasteiger partial charge < -0.3 is 29.4 Å². The largest absolute Gasteiger partial charge is 0.451 e. The molecule has 6 heterocycles. The van der Waals surface area contributed by atoms with Crippen LogP contribution in [0.3, 0.4) is 0 Å². The molecule has 4 aromatic rings. The lowest BCUT2D eigenvalue weighted by molar-refractivity contribution is 0.0997. The van der Waals surface area contributed by atoms with Crippen LogP contribution in [0.25, 0.3) is 21.7 Å². The fourth-order valence-corrected chi connectivity index (χ4v) is 5.50. The maximum atomic E-state index is 13.2. The summed E-state index contributed by atoms with van der Waals surface area (Å²) >= 11 is 1.54. The number of nitrogens with zero attached hydrogens (tertiary/aromatic N) is 5. The van der Waals surface area contributed by atoms with Crippen molar-refractivity contribution in [3.8, 4) is 11.3 Å². The molecule has 0 saturated carbocycles. The molecule has 6 rings (SSSR count). The van der Waals surface area contributed by atoms with Crippen LogP contribution in [0, 0.1) is 6.92 Å². The summed E-state index contributed by atoms with van der Waals surface area (Å²) in [6.45, 7) is 5.92. The van der Waals surface area contributed by atoms with Crippen molar-refractivity contribution in [3.63, 3.8) is 0 Å².